The number of amides is 1. The average Bonchev–Trinajstić information content (AvgIpc) is 3.10. The summed E-state index contributed by atoms with van der Waals surface area (Å²) in [4.78, 5) is 18.5. The van der Waals surface area contributed by atoms with Crippen molar-refractivity contribution in [1.82, 2.24) is 14.7 Å². The lowest BCUT2D eigenvalue weighted by atomic mass is 10.0. The highest BCUT2D eigenvalue weighted by atomic mass is 16.6. The van der Waals surface area contributed by atoms with Crippen LogP contribution in [0.1, 0.15) is 31.3 Å². The summed E-state index contributed by atoms with van der Waals surface area (Å²) in [5, 5.41) is 9.11. The Morgan fingerprint density at radius 2 is 2.00 bits per heavy atom. The van der Waals surface area contributed by atoms with E-state index in [1.807, 2.05) is 19.1 Å². The van der Waals surface area contributed by atoms with Crippen molar-refractivity contribution in [2.75, 3.05) is 45.9 Å². The van der Waals surface area contributed by atoms with Crippen molar-refractivity contribution in [2.45, 2.75) is 39.0 Å². The topological polar surface area (TPSA) is 69.4 Å². The van der Waals surface area contributed by atoms with E-state index in [0.29, 0.717) is 18.4 Å². The number of likely N-dealkylation sites (tertiary alicyclic amines) is 1. The van der Waals surface area contributed by atoms with Crippen LogP contribution < -0.4 is 0 Å². The second kappa shape index (κ2) is 8.69. The summed E-state index contributed by atoms with van der Waals surface area (Å²) in [6.07, 6.45) is 2.19. The van der Waals surface area contributed by atoms with Crippen LogP contribution in [0.5, 0.6) is 0 Å². The molecule has 2 fully saturated rings. The van der Waals surface area contributed by atoms with Gasteiger partial charge in [0.15, 0.2) is 0 Å². The first kappa shape index (κ1) is 18.2. The van der Waals surface area contributed by atoms with Crippen LogP contribution in [-0.2, 0) is 17.9 Å². The molecule has 2 aliphatic heterocycles. The Morgan fingerprint density at radius 1 is 1.24 bits per heavy atom. The van der Waals surface area contributed by atoms with Gasteiger partial charge in [0.25, 0.3) is 0 Å². The average molecular weight is 351 g/mol. The zero-order valence-electron chi connectivity index (χ0n) is 15.0. The van der Waals surface area contributed by atoms with Crippen molar-refractivity contribution in [3.05, 3.63) is 23.7 Å². The molecule has 140 valence electrons. The number of carbonyl (C=O) groups excluding carboxylic acids is 1. The Hall–Kier alpha value is -1.57. The van der Waals surface area contributed by atoms with Gasteiger partial charge in [-0.3, -0.25) is 9.80 Å². The first-order valence-corrected chi connectivity index (χ1v) is 9.26. The van der Waals surface area contributed by atoms with Gasteiger partial charge in [-0.15, -0.1) is 0 Å². The van der Waals surface area contributed by atoms with Gasteiger partial charge in [-0.2, -0.15) is 0 Å². The first-order chi connectivity index (χ1) is 12.2. The predicted octanol–water partition coefficient (Wildman–Crippen LogP) is 1.51. The number of aliphatic hydroxyl groups excluding tert-OH is 1. The van der Waals surface area contributed by atoms with E-state index in [0.717, 1.165) is 51.6 Å². The van der Waals surface area contributed by atoms with Crippen LogP contribution in [0, 0.1) is 0 Å². The molecule has 3 heterocycles. The largest absolute Gasteiger partial charge is 0.462 e. The molecule has 1 atom stereocenters. The number of piperazine rings is 1. The van der Waals surface area contributed by atoms with Crippen LogP contribution in [0.15, 0.2) is 16.5 Å². The number of aliphatic hydroxyl groups is 1. The monoisotopic (exact) mass is 351 g/mol. The maximum Gasteiger partial charge on any atom is 0.409 e. The van der Waals surface area contributed by atoms with E-state index in [1.165, 1.54) is 12.8 Å². The third-order valence-electron chi connectivity index (χ3n) is 5.09. The summed E-state index contributed by atoms with van der Waals surface area (Å²) in [6.45, 7) is 8.42. The molecule has 0 aromatic carbocycles. The number of furan rings is 1. The number of ether oxygens (including phenoxy) is 1. The van der Waals surface area contributed by atoms with E-state index in [1.54, 1.807) is 4.90 Å². The molecule has 0 radical (unpaired) electrons. The molecule has 7 nitrogen and oxygen atoms in total. The van der Waals surface area contributed by atoms with E-state index in [-0.39, 0.29) is 12.7 Å². The summed E-state index contributed by atoms with van der Waals surface area (Å²) in [5.41, 5.74) is 0. The Kier molecular flexibility index (Phi) is 6.34. The second-order valence-corrected chi connectivity index (χ2v) is 6.78. The summed E-state index contributed by atoms with van der Waals surface area (Å²) in [6, 6.07) is 4.32. The summed E-state index contributed by atoms with van der Waals surface area (Å²) >= 11 is 0. The van der Waals surface area contributed by atoms with Gasteiger partial charge in [0.05, 0.1) is 13.2 Å². The summed E-state index contributed by atoms with van der Waals surface area (Å²) in [7, 11) is 0. The lowest BCUT2D eigenvalue weighted by Crippen LogP contribution is -2.55. The van der Waals surface area contributed by atoms with E-state index in [4.69, 9.17) is 14.3 Å². The number of hydrogen-bond donors (Lipinski definition) is 1. The highest BCUT2D eigenvalue weighted by Gasteiger charge is 2.30. The molecule has 0 saturated carbocycles. The number of nitrogens with zero attached hydrogens (tertiary/aromatic N) is 3. The molecule has 1 aromatic heterocycles. The van der Waals surface area contributed by atoms with Crippen LogP contribution in [0.3, 0.4) is 0 Å². The van der Waals surface area contributed by atoms with Crippen LogP contribution in [0.25, 0.3) is 0 Å². The molecule has 0 spiro atoms. The molecule has 1 N–H and O–H groups in total. The fourth-order valence-corrected chi connectivity index (χ4v) is 3.77. The van der Waals surface area contributed by atoms with Crippen LogP contribution in [0.4, 0.5) is 4.79 Å². The number of rotatable bonds is 5. The Labute approximate surface area is 149 Å². The Bertz CT molecular complexity index is 554. The van der Waals surface area contributed by atoms with Crippen molar-refractivity contribution >= 4 is 6.09 Å². The molecule has 1 amide bonds. The minimum absolute atomic E-state index is 0.0482. The van der Waals surface area contributed by atoms with Crippen LogP contribution >= 0.6 is 0 Å². The summed E-state index contributed by atoms with van der Waals surface area (Å²) < 4.78 is 10.7. The number of carbonyl (C=O) groups is 1. The third-order valence-corrected chi connectivity index (χ3v) is 5.09. The molecule has 0 aliphatic carbocycles. The molecule has 3 rings (SSSR count). The zero-order valence-corrected chi connectivity index (χ0v) is 15.0. The van der Waals surface area contributed by atoms with Crippen molar-refractivity contribution in [3.8, 4) is 0 Å². The van der Waals surface area contributed by atoms with Crippen molar-refractivity contribution in [3.63, 3.8) is 0 Å². The highest BCUT2D eigenvalue weighted by molar-refractivity contribution is 5.67. The molecular formula is C18H29N3O4. The van der Waals surface area contributed by atoms with Crippen molar-refractivity contribution in [1.29, 1.82) is 0 Å². The minimum Gasteiger partial charge on any atom is -0.462 e. The fourth-order valence-electron chi connectivity index (χ4n) is 3.77. The van der Waals surface area contributed by atoms with E-state index >= 15 is 0 Å². The van der Waals surface area contributed by atoms with Gasteiger partial charge in [-0.1, -0.05) is 0 Å². The predicted molar refractivity (Wildman–Crippen MR) is 93.1 cm³/mol. The highest BCUT2D eigenvalue weighted by Crippen LogP contribution is 2.20. The van der Waals surface area contributed by atoms with Crippen molar-refractivity contribution in [2.24, 2.45) is 0 Å². The lowest BCUT2D eigenvalue weighted by molar-refractivity contribution is 0.0397. The lowest BCUT2D eigenvalue weighted by Gasteiger charge is -2.43. The van der Waals surface area contributed by atoms with E-state index < -0.39 is 0 Å². The SMILES string of the molecule is CCOC(=O)N1CCN([C@@H]2CCCN(Cc3ccc(CO)o3)C2)CC1. The minimum atomic E-state index is -0.190. The van der Waals surface area contributed by atoms with Gasteiger partial charge in [0.2, 0.25) is 0 Å². The van der Waals surface area contributed by atoms with Crippen molar-refractivity contribution < 1.29 is 19.1 Å². The normalized spacial score (nSPS) is 23.0. The van der Waals surface area contributed by atoms with Gasteiger partial charge in [-0.25, -0.2) is 4.79 Å². The maximum absolute atomic E-state index is 11.8. The quantitative estimate of drug-likeness (QED) is 0.867. The van der Waals surface area contributed by atoms with Gasteiger partial charge < -0.3 is 19.2 Å². The Balaban J connectivity index is 1.48. The summed E-state index contributed by atoms with van der Waals surface area (Å²) in [5.74, 6) is 1.54. The maximum atomic E-state index is 11.8. The molecule has 0 bridgehead atoms. The van der Waals surface area contributed by atoms with Gasteiger partial charge >= 0.3 is 6.09 Å². The number of hydrogen-bond acceptors (Lipinski definition) is 6. The second-order valence-electron chi connectivity index (χ2n) is 6.78. The van der Waals surface area contributed by atoms with Gasteiger partial charge in [-0.05, 0) is 38.4 Å². The molecule has 25 heavy (non-hydrogen) atoms. The molecule has 1 aromatic rings. The smallest absolute Gasteiger partial charge is 0.409 e. The molecule has 2 aliphatic rings. The van der Waals surface area contributed by atoms with E-state index in [9.17, 15) is 4.79 Å². The molecular weight excluding hydrogens is 322 g/mol. The molecule has 7 heteroatoms. The van der Waals surface area contributed by atoms with Crippen LogP contribution in [0.2, 0.25) is 0 Å². The third kappa shape index (κ3) is 4.74. The standard InChI is InChI=1S/C18H29N3O4/c1-2-24-18(23)21-10-8-20(9-11-21)15-4-3-7-19(12-15)13-16-5-6-17(14-22)25-16/h5-6,15,22H,2-4,7-14H2,1H3/t15-/m1/s1. The zero-order chi connectivity index (χ0) is 17.6. The first-order valence-electron chi connectivity index (χ1n) is 9.26. The molecule has 0 unspecified atom stereocenters. The van der Waals surface area contributed by atoms with E-state index in [2.05, 4.69) is 9.80 Å². The molecule has 2 saturated heterocycles. The number of piperidine rings is 1. The van der Waals surface area contributed by atoms with Gasteiger partial charge in [0, 0.05) is 38.8 Å². The van der Waals surface area contributed by atoms with Gasteiger partial charge in [0.1, 0.15) is 18.1 Å². The Morgan fingerprint density at radius 3 is 2.68 bits per heavy atom. The van der Waals surface area contributed by atoms with Crippen LogP contribution in [-0.4, -0.2) is 77.8 Å². The fraction of sp³-hybridized carbons (Fsp3) is 0.722.